The highest BCUT2D eigenvalue weighted by atomic mass is 79.9. The summed E-state index contributed by atoms with van der Waals surface area (Å²) in [7, 11) is 2.03. The summed E-state index contributed by atoms with van der Waals surface area (Å²) in [5.74, 6) is 0.913. The van der Waals surface area contributed by atoms with Gasteiger partial charge in [-0.15, -0.1) is 0 Å². The van der Waals surface area contributed by atoms with Gasteiger partial charge in [0.2, 0.25) is 6.29 Å². The summed E-state index contributed by atoms with van der Waals surface area (Å²) in [6.07, 6.45) is 0.0652. The Labute approximate surface area is 90.7 Å². The molecule has 0 spiro atoms. The minimum Gasteiger partial charge on any atom is -0.458 e. The summed E-state index contributed by atoms with van der Waals surface area (Å²) < 4.78 is 10.9. The van der Waals surface area contributed by atoms with Gasteiger partial charge in [0.1, 0.15) is 5.75 Å². The van der Waals surface area contributed by atoms with Crippen LogP contribution >= 0.6 is 15.9 Å². The zero-order chi connectivity index (χ0) is 9.71. The van der Waals surface area contributed by atoms with Gasteiger partial charge in [-0.3, -0.25) is 0 Å². The molecule has 1 fully saturated rings. The smallest absolute Gasteiger partial charge is 0.247 e. The molecule has 2 heterocycles. The number of rotatable bonds is 1. The molecule has 0 aromatic heterocycles. The first kappa shape index (κ1) is 8.56. The number of anilines is 1. The third-order valence-corrected chi connectivity index (χ3v) is 3.26. The number of hydrogen-bond donors (Lipinski definition) is 0. The quantitative estimate of drug-likeness (QED) is 0.568. The van der Waals surface area contributed by atoms with E-state index in [9.17, 15) is 0 Å². The van der Waals surface area contributed by atoms with E-state index in [1.165, 1.54) is 5.56 Å². The van der Waals surface area contributed by atoms with E-state index in [-0.39, 0.29) is 12.5 Å². The molecular weight excluding hydrogens is 246 g/mol. The molecule has 0 N–H and O–H groups in total. The van der Waals surface area contributed by atoms with E-state index >= 15 is 0 Å². The number of likely N-dealkylation sites (N-methyl/N-ethyl adjacent to an activating group) is 1. The lowest BCUT2D eigenvalue weighted by Crippen LogP contribution is -2.29. The standard InChI is InChI=1S/C10H10BrNO2/c1-12-7-4-6(5-11)2-3-8(7)13-10-9(12)14-10/h2-4,9-10H,5H2,1H3. The Morgan fingerprint density at radius 2 is 2.36 bits per heavy atom. The lowest BCUT2D eigenvalue weighted by atomic mass is 10.2. The maximum Gasteiger partial charge on any atom is 0.247 e. The van der Waals surface area contributed by atoms with E-state index in [2.05, 4.69) is 33.0 Å². The molecule has 1 aromatic rings. The fourth-order valence-corrected chi connectivity index (χ4v) is 2.08. The van der Waals surface area contributed by atoms with Crippen molar-refractivity contribution in [3.05, 3.63) is 23.8 Å². The summed E-state index contributed by atoms with van der Waals surface area (Å²) in [6.45, 7) is 0. The molecule has 0 radical (unpaired) electrons. The number of hydrogen-bond acceptors (Lipinski definition) is 3. The third kappa shape index (κ3) is 1.14. The molecule has 74 valence electrons. The van der Waals surface area contributed by atoms with E-state index < -0.39 is 0 Å². The van der Waals surface area contributed by atoms with Gasteiger partial charge in [-0.1, -0.05) is 22.0 Å². The van der Waals surface area contributed by atoms with Crippen LogP contribution in [0.5, 0.6) is 5.75 Å². The van der Waals surface area contributed by atoms with E-state index in [1.807, 2.05) is 13.1 Å². The summed E-state index contributed by atoms with van der Waals surface area (Å²) in [4.78, 5) is 2.12. The van der Waals surface area contributed by atoms with Crippen molar-refractivity contribution < 1.29 is 9.47 Å². The second-order valence-corrected chi connectivity index (χ2v) is 4.12. The summed E-state index contributed by atoms with van der Waals surface area (Å²) >= 11 is 3.44. The van der Waals surface area contributed by atoms with Crippen LogP contribution in [0.3, 0.4) is 0 Å². The monoisotopic (exact) mass is 255 g/mol. The van der Waals surface area contributed by atoms with Crippen molar-refractivity contribution in [3.63, 3.8) is 0 Å². The summed E-state index contributed by atoms with van der Waals surface area (Å²) in [5, 5.41) is 0.864. The molecule has 1 aromatic carbocycles. The third-order valence-electron chi connectivity index (χ3n) is 2.61. The molecule has 3 rings (SSSR count). The van der Waals surface area contributed by atoms with E-state index in [4.69, 9.17) is 9.47 Å². The van der Waals surface area contributed by atoms with Gasteiger partial charge < -0.3 is 14.4 Å². The molecule has 0 aliphatic carbocycles. The van der Waals surface area contributed by atoms with Crippen LogP contribution in [-0.4, -0.2) is 19.6 Å². The highest BCUT2D eigenvalue weighted by Crippen LogP contribution is 2.43. The topological polar surface area (TPSA) is 25.0 Å². The Kier molecular flexibility index (Phi) is 1.76. The molecular formula is C10H10BrNO2. The number of halogens is 1. The first-order valence-electron chi connectivity index (χ1n) is 4.53. The average Bonchev–Trinajstić information content (AvgIpc) is 2.97. The van der Waals surface area contributed by atoms with Crippen LogP contribution < -0.4 is 9.64 Å². The van der Waals surface area contributed by atoms with E-state index in [1.54, 1.807) is 0 Å². The predicted molar refractivity (Wildman–Crippen MR) is 56.8 cm³/mol. The number of alkyl halides is 1. The number of epoxide rings is 1. The fourth-order valence-electron chi connectivity index (χ4n) is 1.74. The summed E-state index contributed by atoms with van der Waals surface area (Å²) in [6, 6.07) is 6.19. The maximum atomic E-state index is 5.60. The Morgan fingerprint density at radius 3 is 3.14 bits per heavy atom. The van der Waals surface area contributed by atoms with E-state index in [0.29, 0.717) is 0 Å². The van der Waals surface area contributed by atoms with Crippen LogP contribution in [0.15, 0.2) is 18.2 Å². The lowest BCUT2D eigenvalue weighted by molar-refractivity contribution is 0.181. The minimum atomic E-state index is -0.0534. The number of ether oxygens (including phenoxy) is 2. The normalized spacial score (nSPS) is 27.7. The van der Waals surface area contributed by atoms with Gasteiger partial charge in [0, 0.05) is 12.4 Å². The molecule has 2 unspecified atom stereocenters. The molecule has 4 heteroatoms. The molecule has 0 saturated carbocycles. The van der Waals surface area contributed by atoms with Crippen LogP contribution in [0.4, 0.5) is 5.69 Å². The van der Waals surface area contributed by atoms with Gasteiger partial charge in [-0.25, -0.2) is 0 Å². The first-order chi connectivity index (χ1) is 6.79. The molecule has 2 atom stereocenters. The van der Waals surface area contributed by atoms with Gasteiger partial charge in [0.25, 0.3) is 0 Å². The zero-order valence-corrected chi connectivity index (χ0v) is 9.32. The molecule has 0 amide bonds. The Bertz CT molecular complexity index is 382. The van der Waals surface area contributed by atoms with Crippen molar-refractivity contribution in [2.24, 2.45) is 0 Å². The second kappa shape index (κ2) is 2.87. The van der Waals surface area contributed by atoms with Crippen molar-refractivity contribution >= 4 is 21.6 Å². The second-order valence-electron chi connectivity index (χ2n) is 3.56. The van der Waals surface area contributed by atoms with Crippen molar-refractivity contribution in [1.29, 1.82) is 0 Å². The highest BCUT2D eigenvalue weighted by molar-refractivity contribution is 9.08. The van der Waals surface area contributed by atoms with Crippen LogP contribution in [-0.2, 0) is 10.1 Å². The van der Waals surface area contributed by atoms with Crippen LogP contribution in [0.25, 0.3) is 0 Å². The Balaban J connectivity index is 2.05. The maximum absolute atomic E-state index is 5.60. The zero-order valence-electron chi connectivity index (χ0n) is 7.74. The van der Waals surface area contributed by atoms with Crippen molar-refractivity contribution in [1.82, 2.24) is 0 Å². The molecule has 2 aliphatic heterocycles. The molecule has 2 aliphatic rings. The molecule has 0 bridgehead atoms. The molecule has 3 nitrogen and oxygen atoms in total. The Morgan fingerprint density at radius 1 is 1.50 bits per heavy atom. The Hall–Kier alpha value is -0.740. The van der Waals surface area contributed by atoms with Gasteiger partial charge >= 0.3 is 0 Å². The molecule has 1 saturated heterocycles. The summed E-state index contributed by atoms with van der Waals surface area (Å²) in [5.41, 5.74) is 2.36. The number of benzene rings is 1. The fraction of sp³-hybridized carbons (Fsp3) is 0.400. The van der Waals surface area contributed by atoms with Gasteiger partial charge in [0.15, 0.2) is 6.23 Å². The van der Waals surface area contributed by atoms with Crippen LogP contribution in [0.1, 0.15) is 5.56 Å². The lowest BCUT2D eigenvalue weighted by Gasteiger charge is -2.24. The van der Waals surface area contributed by atoms with Gasteiger partial charge in [-0.05, 0) is 17.7 Å². The largest absolute Gasteiger partial charge is 0.458 e. The average molecular weight is 256 g/mol. The first-order valence-corrected chi connectivity index (χ1v) is 5.65. The highest BCUT2D eigenvalue weighted by Gasteiger charge is 2.49. The predicted octanol–water partition coefficient (Wildman–Crippen LogP) is 2.09. The SMILES string of the molecule is CN1c2cc(CBr)ccc2OC2OC21. The van der Waals surface area contributed by atoms with Crippen LogP contribution in [0.2, 0.25) is 0 Å². The minimum absolute atomic E-state index is 0.0534. The molecule has 14 heavy (non-hydrogen) atoms. The number of fused-ring (bicyclic) bond motifs is 2. The van der Waals surface area contributed by atoms with Crippen molar-refractivity contribution in [3.8, 4) is 5.75 Å². The van der Waals surface area contributed by atoms with Crippen molar-refractivity contribution in [2.75, 3.05) is 11.9 Å². The number of nitrogens with zero attached hydrogens (tertiary/aromatic N) is 1. The van der Waals surface area contributed by atoms with Crippen molar-refractivity contribution in [2.45, 2.75) is 17.8 Å². The van der Waals surface area contributed by atoms with E-state index in [0.717, 1.165) is 16.8 Å². The van der Waals surface area contributed by atoms with Crippen LogP contribution in [0, 0.1) is 0 Å². The van der Waals surface area contributed by atoms with Gasteiger partial charge in [-0.2, -0.15) is 0 Å². The van der Waals surface area contributed by atoms with Gasteiger partial charge in [0.05, 0.1) is 5.69 Å².